The first kappa shape index (κ1) is 15.0. The lowest BCUT2D eigenvalue weighted by molar-refractivity contribution is -0.119. The fourth-order valence-electron chi connectivity index (χ4n) is 2.15. The lowest BCUT2D eigenvalue weighted by Crippen LogP contribution is -2.50. The van der Waals surface area contributed by atoms with Crippen molar-refractivity contribution in [2.75, 3.05) is 19.7 Å². The molecule has 0 saturated carbocycles. The summed E-state index contributed by atoms with van der Waals surface area (Å²) < 4.78 is 5.61. The van der Waals surface area contributed by atoms with E-state index in [1.807, 2.05) is 30.9 Å². The lowest BCUT2D eigenvalue weighted by Gasteiger charge is -2.37. The van der Waals surface area contributed by atoms with Crippen molar-refractivity contribution in [2.45, 2.75) is 32.9 Å². The number of hydrogen-bond acceptors (Lipinski definition) is 4. The van der Waals surface area contributed by atoms with E-state index in [1.54, 1.807) is 0 Å². The molecule has 1 aliphatic rings. The Balaban J connectivity index is 2.00. The maximum Gasteiger partial charge on any atom is 0.264 e. The van der Waals surface area contributed by atoms with Gasteiger partial charge in [0.2, 0.25) is 5.91 Å². The number of nitrogens with zero attached hydrogens (tertiary/aromatic N) is 1. The number of ether oxygens (including phenoxy) is 1. The van der Waals surface area contributed by atoms with Crippen molar-refractivity contribution < 1.29 is 14.3 Å². The normalized spacial score (nSPS) is 17.9. The number of hydrogen-bond donors (Lipinski definition) is 1. The highest BCUT2D eigenvalue weighted by molar-refractivity contribution is 7.14. The standard InChI is InChI=1S/C14H20N2O3S/c1-10(17)15-8-11-4-5-12(20-11)13(18)16-6-7-19-14(2,3)9-16/h4-5H,6-9H2,1-3H3,(H,15,17). The minimum absolute atomic E-state index is 0.0421. The smallest absolute Gasteiger partial charge is 0.264 e. The van der Waals surface area contributed by atoms with Crippen LogP contribution >= 0.6 is 11.3 Å². The average molecular weight is 296 g/mol. The molecular formula is C14H20N2O3S. The second-order valence-corrected chi connectivity index (χ2v) is 6.68. The zero-order valence-electron chi connectivity index (χ0n) is 12.1. The Bertz CT molecular complexity index is 510. The zero-order valence-corrected chi connectivity index (χ0v) is 12.9. The first-order chi connectivity index (χ1) is 9.37. The molecule has 0 radical (unpaired) electrons. The van der Waals surface area contributed by atoms with E-state index in [4.69, 9.17) is 4.74 Å². The van der Waals surface area contributed by atoms with Gasteiger partial charge in [-0.05, 0) is 26.0 Å². The van der Waals surface area contributed by atoms with E-state index >= 15 is 0 Å². The van der Waals surface area contributed by atoms with Crippen LogP contribution < -0.4 is 5.32 Å². The molecule has 110 valence electrons. The second kappa shape index (κ2) is 5.93. The van der Waals surface area contributed by atoms with Crippen molar-refractivity contribution in [3.8, 4) is 0 Å². The van der Waals surface area contributed by atoms with E-state index in [0.717, 1.165) is 4.88 Å². The van der Waals surface area contributed by atoms with Crippen molar-refractivity contribution in [3.63, 3.8) is 0 Å². The summed E-state index contributed by atoms with van der Waals surface area (Å²) in [5.41, 5.74) is -0.288. The van der Waals surface area contributed by atoms with Gasteiger partial charge in [-0.3, -0.25) is 9.59 Å². The lowest BCUT2D eigenvalue weighted by atomic mass is 10.1. The number of amides is 2. The molecule has 0 atom stereocenters. The molecule has 1 fully saturated rings. The molecule has 1 aromatic rings. The average Bonchev–Trinajstić information content (AvgIpc) is 2.83. The molecule has 0 aromatic carbocycles. The third-order valence-electron chi connectivity index (χ3n) is 3.10. The summed E-state index contributed by atoms with van der Waals surface area (Å²) in [7, 11) is 0. The van der Waals surface area contributed by atoms with Crippen molar-refractivity contribution in [3.05, 3.63) is 21.9 Å². The number of carbonyl (C=O) groups is 2. The summed E-state index contributed by atoms with van der Waals surface area (Å²) in [6, 6.07) is 3.71. The maximum atomic E-state index is 12.4. The van der Waals surface area contributed by atoms with E-state index in [2.05, 4.69) is 5.32 Å². The van der Waals surface area contributed by atoms with Crippen LogP contribution in [0.15, 0.2) is 12.1 Å². The Kier molecular flexibility index (Phi) is 4.45. The second-order valence-electron chi connectivity index (χ2n) is 5.51. The third kappa shape index (κ3) is 3.80. The van der Waals surface area contributed by atoms with Gasteiger partial charge in [0.25, 0.3) is 5.91 Å². The zero-order chi connectivity index (χ0) is 14.8. The molecule has 0 unspecified atom stereocenters. The fourth-order valence-corrected chi connectivity index (χ4v) is 3.06. The largest absolute Gasteiger partial charge is 0.372 e. The van der Waals surface area contributed by atoms with Gasteiger partial charge in [0.05, 0.1) is 23.6 Å². The summed E-state index contributed by atoms with van der Waals surface area (Å²) in [4.78, 5) is 26.8. The molecular weight excluding hydrogens is 276 g/mol. The van der Waals surface area contributed by atoms with Crippen LogP contribution in [0.3, 0.4) is 0 Å². The number of carbonyl (C=O) groups excluding carboxylic acids is 2. The summed E-state index contributed by atoms with van der Waals surface area (Å²) >= 11 is 1.43. The number of rotatable bonds is 3. The molecule has 1 N–H and O–H groups in total. The SMILES string of the molecule is CC(=O)NCc1ccc(C(=O)N2CCOC(C)(C)C2)s1. The maximum absolute atomic E-state index is 12.4. The van der Waals surface area contributed by atoms with Crippen molar-refractivity contribution in [1.82, 2.24) is 10.2 Å². The van der Waals surface area contributed by atoms with Crippen LogP contribution in [0.5, 0.6) is 0 Å². The number of thiophene rings is 1. The third-order valence-corrected chi connectivity index (χ3v) is 4.17. The molecule has 6 heteroatoms. The molecule has 2 amide bonds. The topological polar surface area (TPSA) is 58.6 Å². The molecule has 1 aliphatic heterocycles. The Labute approximate surface area is 122 Å². The monoisotopic (exact) mass is 296 g/mol. The van der Waals surface area contributed by atoms with Gasteiger partial charge in [-0.15, -0.1) is 11.3 Å². The fraction of sp³-hybridized carbons (Fsp3) is 0.571. The molecule has 0 bridgehead atoms. The summed E-state index contributed by atoms with van der Waals surface area (Å²) in [6.07, 6.45) is 0. The molecule has 1 saturated heterocycles. The van der Waals surface area contributed by atoms with Crippen LogP contribution in [-0.2, 0) is 16.1 Å². The molecule has 1 aromatic heterocycles. The minimum atomic E-state index is -0.288. The van der Waals surface area contributed by atoms with Gasteiger partial charge in [-0.1, -0.05) is 0 Å². The Morgan fingerprint density at radius 1 is 1.45 bits per heavy atom. The number of morpholine rings is 1. The quantitative estimate of drug-likeness (QED) is 0.922. The highest BCUT2D eigenvalue weighted by Gasteiger charge is 2.30. The van der Waals surface area contributed by atoms with E-state index in [-0.39, 0.29) is 17.4 Å². The first-order valence-electron chi connectivity index (χ1n) is 6.64. The van der Waals surface area contributed by atoms with Crippen LogP contribution in [0.4, 0.5) is 0 Å². The van der Waals surface area contributed by atoms with Crippen molar-refractivity contribution in [1.29, 1.82) is 0 Å². The van der Waals surface area contributed by atoms with Crippen LogP contribution in [0.1, 0.15) is 35.3 Å². The predicted octanol–water partition coefficient (Wildman–Crippen LogP) is 1.64. The molecule has 2 heterocycles. The van der Waals surface area contributed by atoms with Crippen LogP contribution in [0.2, 0.25) is 0 Å². The minimum Gasteiger partial charge on any atom is -0.372 e. The molecule has 2 rings (SSSR count). The van der Waals surface area contributed by atoms with Crippen molar-refractivity contribution >= 4 is 23.2 Å². The molecule has 0 aliphatic carbocycles. The van der Waals surface area contributed by atoms with Gasteiger partial charge in [-0.25, -0.2) is 0 Å². The first-order valence-corrected chi connectivity index (χ1v) is 7.45. The number of nitrogens with one attached hydrogen (secondary N) is 1. The highest BCUT2D eigenvalue weighted by atomic mass is 32.1. The van der Waals surface area contributed by atoms with E-state index in [9.17, 15) is 9.59 Å². The van der Waals surface area contributed by atoms with Gasteiger partial charge < -0.3 is 15.0 Å². The molecule has 5 nitrogen and oxygen atoms in total. The van der Waals surface area contributed by atoms with Gasteiger partial charge in [-0.2, -0.15) is 0 Å². The summed E-state index contributed by atoms with van der Waals surface area (Å²) in [6.45, 7) is 7.73. The molecule has 20 heavy (non-hydrogen) atoms. The van der Waals surface area contributed by atoms with Crippen LogP contribution in [-0.4, -0.2) is 42.0 Å². The molecule has 0 spiro atoms. The van der Waals surface area contributed by atoms with Gasteiger partial charge in [0.15, 0.2) is 0 Å². The van der Waals surface area contributed by atoms with E-state index in [0.29, 0.717) is 31.1 Å². The van der Waals surface area contributed by atoms with Crippen LogP contribution in [0.25, 0.3) is 0 Å². The van der Waals surface area contributed by atoms with E-state index < -0.39 is 0 Å². The summed E-state index contributed by atoms with van der Waals surface area (Å²) in [5, 5.41) is 2.73. The van der Waals surface area contributed by atoms with Gasteiger partial charge in [0, 0.05) is 24.9 Å². The van der Waals surface area contributed by atoms with Gasteiger partial charge in [0.1, 0.15) is 0 Å². The van der Waals surface area contributed by atoms with Crippen molar-refractivity contribution in [2.24, 2.45) is 0 Å². The Morgan fingerprint density at radius 2 is 2.20 bits per heavy atom. The summed E-state index contributed by atoms with van der Waals surface area (Å²) in [5.74, 6) is -0.0262. The Morgan fingerprint density at radius 3 is 2.85 bits per heavy atom. The van der Waals surface area contributed by atoms with E-state index in [1.165, 1.54) is 18.3 Å². The predicted molar refractivity (Wildman–Crippen MR) is 77.8 cm³/mol. The Hall–Kier alpha value is -1.40. The highest BCUT2D eigenvalue weighted by Crippen LogP contribution is 2.22. The van der Waals surface area contributed by atoms with Crippen LogP contribution in [0, 0.1) is 0 Å². The van der Waals surface area contributed by atoms with Gasteiger partial charge >= 0.3 is 0 Å².